The van der Waals surface area contributed by atoms with Crippen molar-refractivity contribution in [2.24, 2.45) is 0 Å². The maximum atomic E-state index is 6.18. The molecule has 1 aromatic carbocycles. The Hall–Kier alpha value is -1.17. The fraction of sp³-hybridized carbons (Fsp3) is 0.556. The van der Waals surface area contributed by atoms with Crippen LogP contribution in [0.15, 0.2) is 18.2 Å². The van der Waals surface area contributed by atoms with Crippen LogP contribution in [-0.4, -0.2) is 19.2 Å². The largest absolute Gasteiger partial charge is 0.489 e. The number of ether oxygens (including phenoxy) is 1. The molecule has 1 aromatic rings. The number of terminal acetylenes is 1. The van der Waals surface area contributed by atoms with Gasteiger partial charge in [0.15, 0.2) is 0 Å². The van der Waals surface area contributed by atoms with Crippen LogP contribution in [0.4, 0.5) is 0 Å². The van der Waals surface area contributed by atoms with Crippen molar-refractivity contribution >= 4 is 11.6 Å². The summed E-state index contributed by atoms with van der Waals surface area (Å²) in [6.07, 6.45) is 11.7. The van der Waals surface area contributed by atoms with Gasteiger partial charge in [-0.15, -0.1) is 6.42 Å². The topological polar surface area (TPSA) is 21.3 Å². The van der Waals surface area contributed by atoms with Crippen molar-refractivity contribution < 1.29 is 4.74 Å². The molecule has 1 unspecified atom stereocenters. The van der Waals surface area contributed by atoms with Gasteiger partial charge in [-0.3, -0.25) is 0 Å². The SMILES string of the molecule is C#CCNCC(C)Oc1ccc(Cl)cc1C1CCCCC1. The Kier molecular flexibility index (Phi) is 6.42. The van der Waals surface area contributed by atoms with E-state index in [0.29, 0.717) is 12.5 Å². The second kappa shape index (κ2) is 8.32. The first kappa shape index (κ1) is 16.2. The van der Waals surface area contributed by atoms with Gasteiger partial charge in [0.1, 0.15) is 11.9 Å². The van der Waals surface area contributed by atoms with Crippen molar-refractivity contribution in [3.05, 3.63) is 28.8 Å². The molecule has 2 rings (SSSR count). The highest BCUT2D eigenvalue weighted by molar-refractivity contribution is 6.30. The smallest absolute Gasteiger partial charge is 0.123 e. The fourth-order valence-electron chi connectivity index (χ4n) is 2.97. The van der Waals surface area contributed by atoms with Crippen molar-refractivity contribution in [2.45, 2.75) is 51.0 Å². The first-order valence-electron chi connectivity index (χ1n) is 7.81. The summed E-state index contributed by atoms with van der Waals surface area (Å²) in [5, 5.41) is 3.97. The monoisotopic (exact) mass is 305 g/mol. The predicted octanol–water partition coefficient (Wildman–Crippen LogP) is 4.38. The first-order valence-corrected chi connectivity index (χ1v) is 8.18. The predicted molar refractivity (Wildman–Crippen MR) is 89.1 cm³/mol. The number of rotatable bonds is 6. The Bertz CT molecular complexity index is 488. The highest BCUT2D eigenvalue weighted by Gasteiger charge is 2.20. The standard InChI is InChI=1S/C18H24ClNO/c1-3-11-20-13-14(2)21-18-10-9-16(19)12-17(18)15-7-5-4-6-8-15/h1,9-10,12,14-15,20H,4-8,11,13H2,2H3. The third-order valence-electron chi connectivity index (χ3n) is 4.00. The third kappa shape index (κ3) is 4.95. The Morgan fingerprint density at radius 1 is 1.38 bits per heavy atom. The van der Waals surface area contributed by atoms with E-state index in [0.717, 1.165) is 17.3 Å². The molecule has 0 amide bonds. The molecule has 0 aliphatic heterocycles. The highest BCUT2D eigenvalue weighted by atomic mass is 35.5. The van der Waals surface area contributed by atoms with E-state index in [2.05, 4.69) is 24.2 Å². The van der Waals surface area contributed by atoms with Gasteiger partial charge in [-0.25, -0.2) is 0 Å². The molecule has 1 aliphatic rings. The van der Waals surface area contributed by atoms with E-state index in [1.807, 2.05) is 12.1 Å². The molecule has 21 heavy (non-hydrogen) atoms. The van der Waals surface area contributed by atoms with Crippen LogP contribution in [0, 0.1) is 12.3 Å². The zero-order chi connectivity index (χ0) is 15.1. The van der Waals surface area contributed by atoms with E-state index in [1.165, 1.54) is 37.7 Å². The van der Waals surface area contributed by atoms with Crippen LogP contribution in [0.1, 0.15) is 50.5 Å². The minimum atomic E-state index is 0.0851. The molecular formula is C18H24ClNO. The lowest BCUT2D eigenvalue weighted by Crippen LogP contribution is -2.29. The van der Waals surface area contributed by atoms with E-state index < -0.39 is 0 Å². The van der Waals surface area contributed by atoms with Crippen molar-refractivity contribution in [1.29, 1.82) is 0 Å². The van der Waals surface area contributed by atoms with Crippen LogP contribution in [-0.2, 0) is 0 Å². The lowest BCUT2D eigenvalue weighted by atomic mass is 9.83. The summed E-state index contributed by atoms with van der Waals surface area (Å²) in [7, 11) is 0. The summed E-state index contributed by atoms with van der Waals surface area (Å²) < 4.78 is 6.11. The van der Waals surface area contributed by atoms with Crippen LogP contribution in [0.25, 0.3) is 0 Å². The number of nitrogens with one attached hydrogen (secondary N) is 1. The fourth-order valence-corrected chi connectivity index (χ4v) is 3.15. The summed E-state index contributed by atoms with van der Waals surface area (Å²) in [6.45, 7) is 3.38. The zero-order valence-corrected chi connectivity index (χ0v) is 13.5. The molecule has 0 bridgehead atoms. The van der Waals surface area contributed by atoms with Crippen LogP contribution in [0.3, 0.4) is 0 Å². The van der Waals surface area contributed by atoms with E-state index in [9.17, 15) is 0 Å². The molecule has 1 aliphatic carbocycles. The summed E-state index contributed by atoms with van der Waals surface area (Å²) in [5.74, 6) is 4.13. The van der Waals surface area contributed by atoms with Gasteiger partial charge in [0, 0.05) is 11.6 Å². The van der Waals surface area contributed by atoms with Crippen LogP contribution < -0.4 is 10.1 Å². The molecule has 0 aromatic heterocycles. The second-order valence-electron chi connectivity index (χ2n) is 5.78. The summed E-state index contributed by atoms with van der Waals surface area (Å²) in [5.41, 5.74) is 1.27. The van der Waals surface area contributed by atoms with Gasteiger partial charge in [-0.05, 0) is 49.4 Å². The average molecular weight is 306 g/mol. The van der Waals surface area contributed by atoms with Gasteiger partial charge in [-0.1, -0.05) is 36.8 Å². The molecule has 0 spiro atoms. The minimum absolute atomic E-state index is 0.0851. The van der Waals surface area contributed by atoms with Crippen LogP contribution in [0.2, 0.25) is 5.02 Å². The van der Waals surface area contributed by atoms with E-state index >= 15 is 0 Å². The van der Waals surface area contributed by atoms with Gasteiger partial charge < -0.3 is 10.1 Å². The molecule has 3 heteroatoms. The van der Waals surface area contributed by atoms with Gasteiger partial charge in [0.05, 0.1) is 6.54 Å². The normalized spacial score (nSPS) is 17.2. The summed E-state index contributed by atoms with van der Waals surface area (Å²) >= 11 is 6.18. The van der Waals surface area contributed by atoms with Crippen molar-refractivity contribution in [3.8, 4) is 18.1 Å². The molecule has 0 saturated heterocycles. The second-order valence-corrected chi connectivity index (χ2v) is 6.22. The van der Waals surface area contributed by atoms with Crippen LogP contribution >= 0.6 is 11.6 Å². The molecule has 1 fully saturated rings. The Morgan fingerprint density at radius 2 is 2.14 bits per heavy atom. The number of benzene rings is 1. The van der Waals surface area contributed by atoms with E-state index in [1.54, 1.807) is 0 Å². The first-order chi connectivity index (χ1) is 10.2. The summed E-state index contributed by atoms with van der Waals surface area (Å²) in [6, 6.07) is 5.99. The quantitative estimate of drug-likeness (QED) is 0.622. The lowest BCUT2D eigenvalue weighted by molar-refractivity contribution is 0.215. The summed E-state index contributed by atoms with van der Waals surface area (Å²) in [4.78, 5) is 0. The number of hydrogen-bond acceptors (Lipinski definition) is 2. The molecule has 1 atom stereocenters. The molecule has 114 valence electrons. The maximum absolute atomic E-state index is 6.18. The van der Waals surface area contributed by atoms with Crippen molar-refractivity contribution in [2.75, 3.05) is 13.1 Å². The van der Waals surface area contributed by atoms with E-state index in [4.69, 9.17) is 22.8 Å². The molecule has 2 nitrogen and oxygen atoms in total. The molecule has 1 saturated carbocycles. The van der Waals surface area contributed by atoms with Gasteiger partial charge >= 0.3 is 0 Å². The number of hydrogen-bond donors (Lipinski definition) is 1. The maximum Gasteiger partial charge on any atom is 0.123 e. The Labute approximate surface area is 133 Å². The van der Waals surface area contributed by atoms with Crippen molar-refractivity contribution in [1.82, 2.24) is 5.32 Å². The third-order valence-corrected chi connectivity index (χ3v) is 4.24. The Balaban J connectivity index is 2.05. The van der Waals surface area contributed by atoms with Gasteiger partial charge in [-0.2, -0.15) is 0 Å². The molecule has 1 N–H and O–H groups in total. The average Bonchev–Trinajstić information content (AvgIpc) is 2.50. The lowest BCUT2D eigenvalue weighted by Gasteiger charge is -2.26. The molecule has 0 heterocycles. The number of halogens is 1. The van der Waals surface area contributed by atoms with E-state index in [-0.39, 0.29) is 6.10 Å². The highest BCUT2D eigenvalue weighted by Crippen LogP contribution is 2.39. The molecular weight excluding hydrogens is 282 g/mol. The zero-order valence-electron chi connectivity index (χ0n) is 12.7. The van der Waals surface area contributed by atoms with Crippen LogP contribution in [0.5, 0.6) is 5.75 Å². The van der Waals surface area contributed by atoms with Gasteiger partial charge in [0.2, 0.25) is 0 Å². The van der Waals surface area contributed by atoms with Gasteiger partial charge in [0.25, 0.3) is 0 Å². The van der Waals surface area contributed by atoms with Crippen molar-refractivity contribution in [3.63, 3.8) is 0 Å². The molecule has 0 radical (unpaired) electrons. The Morgan fingerprint density at radius 3 is 2.86 bits per heavy atom. The minimum Gasteiger partial charge on any atom is -0.489 e.